The van der Waals surface area contributed by atoms with Crippen LogP contribution in [0.5, 0.6) is 5.75 Å². The first-order valence-corrected chi connectivity index (χ1v) is 6.81. The Balaban J connectivity index is 2.10. The number of hydrogen-bond donors (Lipinski definition) is 0. The lowest BCUT2D eigenvalue weighted by Gasteiger charge is -1.97. The molecule has 0 N–H and O–H groups in total. The van der Waals surface area contributed by atoms with Crippen molar-refractivity contribution in [2.45, 2.75) is 0 Å². The number of rotatable bonds is 3. The number of fused-ring (bicyclic) bond motifs is 1. The third-order valence-electron chi connectivity index (χ3n) is 3.07. The summed E-state index contributed by atoms with van der Waals surface area (Å²) in [6.45, 7) is 0. The van der Waals surface area contributed by atoms with E-state index in [1.54, 1.807) is 30.6 Å². The molecular formula is C15H11NO3S. The monoisotopic (exact) mass is 285 g/mol. The number of thiophene rings is 1. The van der Waals surface area contributed by atoms with E-state index in [1.807, 2.05) is 30.3 Å². The van der Waals surface area contributed by atoms with Gasteiger partial charge in [0.1, 0.15) is 5.75 Å². The van der Waals surface area contributed by atoms with E-state index in [4.69, 9.17) is 4.74 Å². The molecule has 0 aliphatic rings. The summed E-state index contributed by atoms with van der Waals surface area (Å²) < 4.78 is 6.31. The first-order valence-electron chi connectivity index (χ1n) is 6.00. The summed E-state index contributed by atoms with van der Waals surface area (Å²) in [7, 11) is 1.64. The fourth-order valence-corrected chi connectivity index (χ4v) is 3.14. The van der Waals surface area contributed by atoms with E-state index in [9.17, 15) is 10.1 Å². The van der Waals surface area contributed by atoms with Gasteiger partial charge in [0.05, 0.1) is 12.0 Å². The average molecular weight is 285 g/mol. The molecule has 0 aliphatic heterocycles. The van der Waals surface area contributed by atoms with Crippen LogP contribution in [0.1, 0.15) is 0 Å². The van der Waals surface area contributed by atoms with E-state index in [-0.39, 0.29) is 10.6 Å². The number of nitro groups is 1. The smallest absolute Gasteiger partial charge is 0.270 e. The Labute approximate surface area is 119 Å². The van der Waals surface area contributed by atoms with Crippen LogP contribution in [0.2, 0.25) is 0 Å². The SMILES string of the molecule is COc1ccc2cc(-c3cccc([N+](=O)[O-])c3)sc2c1. The molecule has 5 heteroatoms. The van der Waals surface area contributed by atoms with Crippen LogP contribution in [0.4, 0.5) is 5.69 Å². The summed E-state index contributed by atoms with van der Waals surface area (Å²) in [5.74, 6) is 0.810. The van der Waals surface area contributed by atoms with Gasteiger partial charge in [-0.3, -0.25) is 10.1 Å². The number of non-ortho nitro benzene ring substituents is 1. The predicted molar refractivity (Wildman–Crippen MR) is 80.5 cm³/mol. The molecule has 3 rings (SSSR count). The number of nitro benzene ring substituents is 1. The third-order valence-corrected chi connectivity index (χ3v) is 4.22. The molecule has 0 radical (unpaired) electrons. The molecule has 0 atom stereocenters. The van der Waals surface area contributed by atoms with Crippen molar-refractivity contribution in [1.29, 1.82) is 0 Å². The van der Waals surface area contributed by atoms with Crippen LogP contribution in [-0.2, 0) is 0 Å². The largest absolute Gasteiger partial charge is 0.497 e. The third kappa shape index (κ3) is 2.23. The van der Waals surface area contributed by atoms with Gasteiger partial charge in [0.15, 0.2) is 0 Å². The van der Waals surface area contributed by atoms with Crippen LogP contribution < -0.4 is 4.74 Å². The molecule has 1 heterocycles. The van der Waals surface area contributed by atoms with Crippen molar-refractivity contribution in [1.82, 2.24) is 0 Å². The highest BCUT2D eigenvalue weighted by Gasteiger charge is 2.10. The molecule has 0 aliphatic carbocycles. The number of methoxy groups -OCH3 is 1. The fourth-order valence-electron chi connectivity index (χ4n) is 2.05. The summed E-state index contributed by atoms with van der Waals surface area (Å²) in [5.41, 5.74) is 0.969. The highest BCUT2D eigenvalue weighted by Crippen LogP contribution is 2.36. The first-order chi connectivity index (χ1) is 9.67. The lowest BCUT2D eigenvalue weighted by Crippen LogP contribution is -1.87. The highest BCUT2D eigenvalue weighted by molar-refractivity contribution is 7.22. The number of hydrogen-bond acceptors (Lipinski definition) is 4. The van der Waals surface area contributed by atoms with Crippen molar-refractivity contribution in [3.05, 3.63) is 58.6 Å². The average Bonchev–Trinajstić information content (AvgIpc) is 2.90. The topological polar surface area (TPSA) is 52.4 Å². The van der Waals surface area contributed by atoms with Crippen molar-refractivity contribution in [2.75, 3.05) is 7.11 Å². The normalized spacial score (nSPS) is 10.7. The van der Waals surface area contributed by atoms with Crippen LogP contribution >= 0.6 is 11.3 Å². The molecule has 1 aromatic heterocycles. The van der Waals surface area contributed by atoms with E-state index in [1.165, 1.54) is 6.07 Å². The van der Waals surface area contributed by atoms with Gasteiger partial charge in [0, 0.05) is 21.7 Å². The summed E-state index contributed by atoms with van der Waals surface area (Å²) >= 11 is 1.60. The Morgan fingerprint density at radius 2 is 2.00 bits per heavy atom. The Hall–Kier alpha value is -2.40. The second-order valence-corrected chi connectivity index (χ2v) is 5.41. The van der Waals surface area contributed by atoms with Crippen LogP contribution in [0.25, 0.3) is 20.5 Å². The van der Waals surface area contributed by atoms with Crippen molar-refractivity contribution < 1.29 is 9.66 Å². The fraction of sp³-hybridized carbons (Fsp3) is 0.0667. The van der Waals surface area contributed by atoms with E-state index in [0.29, 0.717) is 0 Å². The molecular weight excluding hydrogens is 274 g/mol. The van der Waals surface area contributed by atoms with Crippen LogP contribution in [0.3, 0.4) is 0 Å². The van der Waals surface area contributed by atoms with E-state index in [2.05, 4.69) is 0 Å². The number of nitrogens with zero attached hydrogens (tertiary/aromatic N) is 1. The second-order valence-electron chi connectivity index (χ2n) is 4.32. The minimum absolute atomic E-state index is 0.109. The minimum atomic E-state index is -0.375. The summed E-state index contributed by atoms with van der Waals surface area (Å²) in [6, 6.07) is 14.6. The van der Waals surface area contributed by atoms with E-state index >= 15 is 0 Å². The standard InChI is InChI=1S/C15H11NO3S/c1-19-13-6-5-11-8-14(20-15(11)9-13)10-3-2-4-12(7-10)16(17)18/h2-9H,1H3. The summed E-state index contributed by atoms with van der Waals surface area (Å²) in [6.07, 6.45) is 0. The molecule has 0 amide bonds. The van der Waals surface area contributed by atoms with Gasteiger partial charge in [-0.15, -0.1) is 11.3 Å². The molecule has 0 spiro atoms. The maximum absolute atomic E-state index is 10.8. The molecule has 2 aromatic carbocycles. The molecule has 20 heavy (non-hydrogen) atoms. The van der Waals surface area contributed by atoms with Crippen LogP contribution in [-0.4, -0.2) is 12.0 Å². The van der Waals surface area contributed by atoms with Crippen molar-refractivity contribution in [3.8, 4) is 16.2 Å². The number of benzene rings is 2. The maximum atomic E-state index is 10.8. The zero-order valence-corrected chi connectivity index (χ0v) is 11.5. The Bertz CT molecular complexity index is 795. The van der Waals surface area contributed by atoms with E-state index < -0.39 is 0 Å². The van der Waals surface area contributed by atoms with Gasteiger partial charge in [0.2, 0.25) is 0 Å². The Morgan fingerprint density at radius 3 is 2.75 bits per heavy atom. The summed E-state index contributed by atoms with van der Waals surface area (Å²) in [5, 5.41) is 11.9. The first kappa shape index (κ1) is 12.6. The van der Waals surface area contributed by atoms with E-state index in [0.717, 1.165) is 26.3 Å². The van der Waals surface area contributed by atoms with Gasteiger partial charge in [-0.25, -0.2) is 0 Å². The molecule has 0 saturated carbocycles. The second kappa shape index (κ2) is 4.94. The maximum Gasteiger partial charge on any atom is 0.270 e. The van der Waals surface area contributed by atoms with Gasteiger partial charge in [0.25, 0.3) is 5.69 Å². The van der Waals surface area contributed by atoms with Gasteiger partial charge in [-0.05, 0) is 35.2 Å². The zero-order chi connectivity index (χ0) is 14.1. The highest BCUT2D eigenvalue weighted by atomic mass is 32.1. The number of ether oxygens (including phenoxy) is 1. The molecule has 0 fully saturated rings. The Kier molecular flexibility index (Phi) is 3.12. The van der Waals surface area contributed by atoms with Crippen molar-refractivity contribution in [2.24, 2.45) is 0 Å². The molecule has 0 unspecified atom stereocenters. The Morgan fingerprint density at radius 1 is 1.15 bits per heavy atom. The molecule has 100 valence electrons. The molecule has 0 bridgehead atoms. The van der Waals surface area contributed by atoms with Crippen LogP contribution in [0.15, 0.2) is 48.5 Å². The van der Waals surface area contributed by atoms with Crippen LogP contribution in [0, 0.1) is 10.1 Å². The molecule has 4 nitrogen and oxygen atoms in total. The van der Waals surface area contributed by atoms with Crippen molar-refractivity contribution >= 4 is 27.1 Å². The minimum Gasteiger partial charge on any atom is -0.497 e. The van der Waals surface area contributed by atoms with Gasteiger partial charge in [-0.1, -0.05) is 12.1 Å². The van der Waals surface area contributed by atoms with Gasteiger partial charge >= 0.3 is 0 Å². The lowest BCUT2D eigenvalue weighted by molar-refractivity contribution is -0.384. The van der Waals surface area contributed by atoms with Gasteiger partial charge in [-0.2, -0.15) is 0 Å². The lowest BCUT2D eigenvalue weighted by atomic mass is 10.1. The molecule has 0 saturated heterocycles. The van der Waals surface area contributed by atoms with Crippen molar-refractivity contribution in [3.63, 3.8) is 0 Å². The zero-order valence-electron chi connectivity index (χ0n) is 10.7. The predicted octanol–water partition coefficient (Wildman–Crippen LogP) is 4.49. The quantitative estimate of drug-likeness (QED) is 0.526. The molecule has 3 aromatic rings. The summed E-state index contributed by atoms with van der Waals surface area (Å²) in [4.78, 5) is 11.5. The van der Waals surface area contributed by atoms with Gasteiger partial charge < -0.3 is 4.74 Å².